The molecule has 0 saturated carbocycles. The maximum Gasteiger partial charge on any atom is 0.341 e. The standard InChI is InChI=1S/C21H26N2O5S/c1-7-28-21(26)17-13(3)18(20(25)23(4)5)29-19(17)22-16(24)11-14-9-8-12(2)15(10-14)27-6/h8-10H,7,11H2,1-6H3,(H,22,24). The van der Waals surface area contributed by atoms with E-state index in [4.69, 9.17) is 9.47 Å². The third-order valence-electron chi connectivity index (χ3n) is 4.32. The molecule has 0 aliphatic heterocycles. The van der Waals surface area contributed by atoms with Crippen molar-refractivity contribution in [2.45, 2.75) is 27.2 Å². The molecule has 0 bridgehead atoms. The summed E-state index contributed by atoms with van der Waals surface area (Å²) in [5, 5.41) is 3.09. The Kier molecular flexibility index (Phi) is 7.39. The van der Waals surface area contributed by atoms with E-state index in [-0.39, 0.29) is 30.4 Å². The minimum Gasteiger partial charge on any atom is -0.496 e. The number of ether oxygens (including phenoxy) is 2. The van der Waals surface area contributed by atoms with Gasteiger partial charge in [-0.1, -0.05) is 12.1 Å². The van der Waals surface area contributed by atoms with Crippen LogP contribution in [-0.2, 0) is 16.0 Å². The van der Waals surface area contributed by atoms with Crippen LogP contribution in [0.15, 0.2) is 18.2 Å². The molecule has 0 aliphatic carbocycles. The SMILES string of the molecule is CCOC(=O)c1c(NC(=O)Cc2ccc(C)c(OC)c2)sc(C(=O)N(C)C)c1C. The van der Waals surface area contributed by atoms with E-state index in [9.17, 15) is 14.4 Å². The van der Waals surface area contributed by atoms with Gasteiger partial charge < -0.3 is 19.7 Å². The number of anilines is 1. The highest BCUT2D eigenvalue weighted by Gasteiger charge is 2.27. The lowest BCUT2D eigenvalue weighted by Gasteiger charge is -2.09. The largest absolute Gasteiger partial charge is 0.496 e. The molecule has 1 N–H and O–H groups in total. The van der Waals surface area contributed by atoms with E-state index in [1.165, 1.54) is 4.90 Å². The summed E-state index contributed by atoms with van der Waals surface area (Å²) >= 11 is 1.08. The Morgan fingerprint density at radius 1 is 1.17 bits per heavy atom. The molecule has 2 amide bonds. The van der Waals surface area contributed by atoms with Crippen molar-refractivity contribution in [3.8, 4) is 5.75 Å². The predicted octanol–water partition coefficient (Wildman–Crippen LogP) is 3.43. The molecule has 0 spiro atoms. The Morgan fingerprint density at radius 3 is 2.45 bits per heavy atom. The summed E-state index contributed by atoms with van der Waals surface area (Å²) in [5.74, 6) is -0.395. The van der Waals surface area contributed by atoms with Crippen LogP contribution in [0.25, 0.3) is 0 Å². The predicted molar refractivity (Wildman–Crippen MR) is 113 cm³/mol. The highest BCUT2D eigenvalue weighted by molar-refractivity contribution is 7.18. The van der Waals surface area contributed by atoms with Gasteiger partial charge in [0.2, 0.25) is 5.91 Å². The number of carbonyl (C=O) groups excluding carboxylic acids is 3. The molecule has 1 aromatic heterocycles. The number of hydrogen-bond acceptors (Lipinski definition) is 6. The topological polar surface area (TPSA) is 84.9 Å². The van der Waals surface area contributed by atoms with Gasteiger partial charge in [-0.05, 0) is 43.5 Å². The van der Waals surface area contributed by atoms with Crippen LogP contribution in [0, 0.1) is 13.8 Å². The van der Waals surface area contributed by atoms with Crippen molar-refractivity contribution < 1.29 is 23.9 Å². The molecule has 0 unspecified atom stereocenters. The third kappa shape index (κ3) is 5.14. The lowest BCUT2D eigenvalue weighted by atomic mass is 10.1. The summed E-state index contributed by atoms with van der Waals surface area (Å²) in [7, 11) is 4.85. The maximum absolute atomic E-state index is 12.6. The first-order chi connectivity index (χ1) is 13.7. The molecule has 0 saturated heterocycles. The first-order valence-corrected chi connectivity index (χ1v) is 9.96. The fraction of sp³-hybridized carbons (Fsp3) is 0.381. The normalized spacial score (nSPS) is 10.4. The second-order valence-electron chi connectivity index (χ2n) is 6.71. The molecule has 1 aromatic carbocycles. The van der Waals surface area contributed by atoms with Crippen LogP contribution in [0.1, 0.15) is 43.6 Å². The summed E-state index contributed by atoms with van der Waals surface area (Å²) in [5.41, 5.74) is 2.47. The van der Waals surface area contributed by atoms with Crippen molar-refractivity contribution in [3.63, 3.8) is 0 Å². The number of nitrogens with one attached hydrogen (secondary N) is 1. The molecule has 156 valence electrons. The van der Waals surface area contributed by atoms with Crippen LogP contribution in [0.3, 0.4) is 0 Å². The number of nitrogens with zero attached hydrogens (tertiary/aromatic N) is 1. The average Bonchev–Trinajstić information content (AvgIpc) is 2.98. The van der Waals surface area contributed by atoms with Gasteiger partial charge in [0.25, 0.3) is 5.91 Å². The lowest BCUT2D eigenvalue weighted by Crippen LogP contribution is -2.21. The van der Waals surface area contributed by atoms with Crippen LogP contribution in [0.2, 0.25) is 0 Å². The van der Waals surface area contributed by atoms with Gasteiger partial charge in [0, 0.05) is 14.1 Å². The molecule has 2 aromatic rings. The number of methoxy groups -OCH3 is 1. The Bertz CT molecular complexity index is 933. The molecule has 0 atom stereocenters. The first-order valence-electron chi connectivity index (χ1n) is 9.15. The summed E-state index contributed by atoms with van der Waals surface area (Å²) in [6.07, 6.45) is 0.104. The summed E-state index contributed by atoms with van der Waals surface area (Å²) in [4.78, 5) is 39.3. The number of carbonyl (C=O) groups is 3. The molecule has 0 aliphatic rings. The minimum atomic E-state index is -0.564. The molecule has 0 fully saturated rings. The van der Waals surface area contributed by atoms with Gasteiger partial charge >= 0.3 is 5.97 Å². The van der Waals surface area contributed by atoms with Gasteiger partial charge in [-0.25, -0.2) is 4.79 Å². The van der Waals surface area contributed by atoms with Gasteiger partial charge in [-0.2, -0.15) is 0 Å². The highest BCUT2D eigenvalue weighted by atomic mass is 32.1. The number of thiophene rings is 1. The summed E-state index contributed by atoms with van der Waals surface area (Å²) < 4.78 is 10.4. The Hall–Kier alpha value is -2.87. The van der Waals surface area contributed by atoms with E-state index in [2.05, 4.69) is 5.32 Å². The zero-order valence-corrected chi connectivity index (χ0v) is 18.4. The molecule has 29 heavy (non-hydrogen) atoms. The Morgan fingerprint density at radius 2 is 1.86 bits per heavy atom. The van der Waals surface area contributed by atoms with Crippen LogP contribution < -0.4 is 10.1 Å². The fourth-order valence-corrected chi connectivity index (χ4v) is 4.02. The fourth-order valence-electron chi connectivity index (χ4n) is 2.79. The molecule has 8 heteroatoms. The Balaban J connectivity index is 2.32. The highest BCUT2D eigenvalue weighted by Crippen LogP contribution is 2.34. The second kappa shape index (κ2) is 9.56. The molecule has 0 radical (unpaired) electrons. The van der Waals surface area contributed by atoms with Crippen molar-refractivity contribution >= 4 is 34.1 Å². The van der Waals surface area contributed by atoms with Crippen molar-refractivity contribution in [3.05, 3.63) is 45.3 Å². The number of rotatable bonds is 7. The van der Waals surface area contributed by atoms with Crippen molar-refractivity contribution in [2.75, 3.05) is 33.1 Å². The Labute approximate surface area is 174 Å². The molecule has 2 rings (SSSR count). The first kappa shape index (κ1) is 22.4. The summed E-state index contributed by atoms with van der Waals surface area (Å²) in [6, 6.07) is 5.54. The smallest absolute Gasteiger partial charge is 0.341 e. The van der Waals surface area contributed by atoms with Crippen molar-refractivity contribution in [1.29, 1.82) is 0 Å². The van der Waals surface area contributed by atoms with Crippen molar-refractivity contribution in [1.82, 2.24) is 4.90 Å². The zero-order valence-electron chi connectivity index (χ0n) is 17.5. The van der Waals surface area contributed by atoms with Crippen molar-refractivity contribution in [2.24, 2.45) is 0 Å². The third-order valence-corrected chi connectivity index (χ3v) is 5.51. The summed E-state index contributed by atoms with van der Waals surface area (Å²) in [6.45, 7) is 5.50. The van der Waals surface area contributed by atoms with Crippen LogP contribution in [0.5, 0.6) is 5.75 Å². The number of benzene rings is 1. The van der Waals surface area contributed by atoms with Gasteiger partial charge in [0.1, 0.15) is 10.8 Å². The van der Waals surface area contributed by atoms with Gasteiger partial charge in [0.05, 0.1) is 30.6 Å². The van der Waals surface area contributed by atoms with E-state index < -0.39 is 5.97 Å². The monoisotopic (exact) mass is 418 g/mol. The molecule has 1 heterocycles. The van der Waals surface area contributed by atoms with Crippen LogP contribution in [-0.4, -0.2) is 50.5 Å². The average molecular weight is 419 g/mol. The van der Waals surface area contributed by atoms with E-state index in [1.54, 1.807) is 35.1 Å². The number of amides is 2. The second-order valence-corrected chi connectivity index (χ2v) is 7.73. The zero-order chi connectivity index (χ0) is 21.7. The van der Waals surface area contributed by atoms with Crippen LogP contribution in [0.4, 0.5) is 5.00 Å². The number of aryl methyl sites for hydroxylation is 1. The van der Waals surface area contributed by atoms with E-state index in [0.29, 0.717) is 21.2 Å². The van der Waals surface area contributed by atoms with Gasteiger partial charge in [-0.15, -0.1) is 11.3 Å². The lowest BCUT2D eigenvalue weighted by molar-refractivity contribution is -0.115. The molecular formula is C21H26N2O5S. The number of esters is 1. The van der Waals surface area contributed by atoms with Crippen LogP contribution >= 0.6 is 11.3 Å². The minimum absolute atomic E-state index is 0.104. The van der Waals surface area contributed by atoms with E-state index in [1.807, 2.05) is 25.1 Å². The molecular weight excluding hydrogens is 392 g/mol. The van der Waals surface area contributed by atoms with Gasteiger partial charge in [-0.3, -0.25) is 9.59 Å². The van der Waals surface area contributed by atoms with E-state index in [0.717, 1.165) is 22.5 Å². The molecule has 7 nitrogen and oxygen atoms in total. The van der Waals surface area contributed by atoms with Gasteiger partial charge in [0.15, 0.2) is 0 Å². The quantitative estimate of drug-likeness (QED) is 0.697. The number of hydrogen-bond donors (Lipinski definition) is 1. The van der Waals surface area contributed by atoms with E-state index >= 15 is 0 Å². The maximum atomic E-state index is 12.6.